The number of halogens is 1. The molecule has 12 nitrogen and oxygen atoms in total. The number of aliphatic hydroxyl groups is 2. The summed E-state index contributed by atoms with van der Waals surface area (Å²) in [6, 6.07) is 8.67. The summed E-state index contributed by atoms with van der Waals surface area (Å²) in [4.78, 5) is 8.10. The number of anilines is 2. The molecule has 0 aliphatic carbocycles. The van der Waals surface area contributed by atoms with E-state index in [4.69, 9.17) is 41.4 Å². The summed E-state index contributed by atoms with van der Waals surface area (Å²) in [5.74, 6) is 0.121. The lowest BCUT2D eigenvalue weighted by Gasteiger charge is -2.30. The fourth-order valence-corrected chi connectivity index (χ4v) is 5.91. The largest absolute Gasteiger partial charge is 0.475 e. The first-order chi connectivity index (χ1) is 16.6. The number of hydrogen-bond acceptors (Lipinski definition) is 11. The van der Waals surface area contributed by atoms with Gasteiger partial charge in [0.15, 0.2) is 6.23 Å². The molecule has 0 bridgehead atoms. The maximum atomic E-state index is 13.1. The molecule has 2 aliphatic rings. The summed E-state index contributed by atoms with van der Waals surface area (Å²) in [6.07, 6.45) is -2.03. The molecule has 0 saturated carbocycles. The SMILES string of the molecule is C[C@@]1(O)[C@H](O)[C@@H](COP2(=O)OCC[C@@H](c3cccc(Cl)c3)O2)O[C@H]1n1ccc2c(N)nc(N)nc21. The topological polar surface area (TPSA) is 177 Å². The first-order valence-corrected chi connectivity index (χ1v) is 12.7. The van der Waals surface area contributed by atoms with Crippen molar-refractivity contribution in [3.8, 4) is 0 Å². The molecule has 4 heterocycles. The maximum Gasteiger partial charge on any atom is 0.475 e. The molecule has 2 saturated heterocycles. The van der Waals surface area contributed by atoms with Gasteiger partial charge in [0.1, 0.15) is 29.3 Å². The van der Waals surface area contributed by atoms with Gasteiger partial charge in [-0.15, -0.1) is 0 Å². The molecule has 2 aromatic heterocycles. The molecule has 2 fully saturated rings. The lowest BCUT2D eigenvalue weighted by atomic mass is 9.96. The first kappa shape index (κ1) is 24.4. The van der Waals surface area contributed by atoms with Crippen LogP contribution in [0.25, 0.3) is 11.0 Å². The van der Waals surface area contributed by atoms with Crippen molar-refractivity contribution < 1.29 is 33.1 Å². The minimum absolute atomic E-state index is 0.0491. The fraction of sp³-hybridized carbons (Fsp3) is 0.429. The number of phosphoric acid groups is 1. The highest BCUT2D eigenvalue weighted by Crippen LogP contribution is 2.57. The highest BCUT2D eigenvalue weighted by Gasteiger charge is 2.54. The molecule has 2 aliphatic heterocycles. The highest BCUT2D eigenvalue weighted by atomic mass is 35.5. The monoisotopic (exact) mass is 525 g/mol. The minimum atomic E-state index is -3.98. The third kappa shape index (κ3) is 4.52. The number of ether oxygens (including phenoxy) is 1. The summed E-state index contributed by atoms with van der Waals surface area (Å²) in [5, 5.41) is 22.9. The lowest BCUT2D eigenvalue weighted by Crippen LogP contribution is -2.44. The summed E-state index contributed by atoms with van der Waals surface area (Å²) >= 11 is 6.06. The molecule has 0 radical (unpaired) electrons. The number of aliphatic hydroxyl groups excluding tert-OH is 1. The average molecular weight is 526 g/mol. The van der Waals surface area contributed by atoms with Crippen molar-refractivity contribution in [3.63, 3.8) is 0 Å². The lowest BCUT2D eigenvalue weighted by molar-refractivity contribution is -0.0950. The summed E-state index contributed by atoms with van der Waals surface area (Å²) in [7, 11) is -3.98. The Balaban J connectivity index is 1.32. The Kier molecular flexibility index (Phi) is 6.27. The van der Waals surface area contributed by atoms with Crippen LogP contribution < -0.4 is 11.5 Å². The number of nitrogens with zero attached hydrogens (tertiary/aromatic N) is 3. The molecule has 14 heteroatoms. The average Bonchev–Trinajstić information content (AvgIpc) is 3.31. The standard InChI is InChI=1S/C21H25ClN5O7P/c1-21(29)16(28)15(33-19(21)27-7-5-13-17(23)25-20(24)26-18(13)27)10-32-35(30)31-8-6-14(34-35)11-3-2-4-12(22)9-11/h2-5,7,9,14-16,19,28-29H,6,8,10H2,1H3,(H4,23,24,25,26)/t14-,15+,16+,19+,21+,35?/m0/s1. The third-order valence-corrected chi connectivity index (χ3v) is 7.84. The number of aromatic nitrogens is 3. The molecule has 5 rings (SSSR count). The van der Waals surface area contributed by atoms with Crippen LogP contribution in [0, 0.1) is 0 Å². The van der Waals surface area contributed by atoms with E-state index < -0.39 is 38.0 Å². The second-order valence-electron chi connectivity index (χ2n) is 8.64. The fourth-order valence-electron chi connectivity index (χ4n) is 4.32. The Morgan fingerprint density at radius 1 is 1.34 bits per heavy atom. The molecule has 0 amide bonds. The van der Waals surface area contributed by atoms with Crippen molar-refractivity contribution >= 4 is 42.2 Å². The van der Waals surface area contributed by atoms with Crippen LogP contribution in [0.4, 0.5) is 11.8 Å². The zero-order valence-electron chi connectivity index (χ0n) is 18.7. The second kappa shape index (κ2) is 8.99. The molecular formula is C21H25ClN5O7P. The molecule has 35 heavy (non-hydrogen) atoms. The van der Waals surface area contributed by atoms with E-state index in [9.17, 15) is 14.8 Å². The molecule has 1 unspecified atom stereocenters. The van der Waals surface area contributed by atoms with Crippen LogP contribution in [-0.4, -0.2) is 55.8 Å². The van der Waals surface area contributed by atoms with E-state index in [1.165, 1.54) is 11.5 Å². The molecule has 188 valence electrons. The van der Waals surface area contributed by atoms with E-state index in [1.807, 2.05) is 6.07 Å². The van der Waals surface area contributed by atoms with Gasteiger partial charge in [-0.3, -0.25) is 13.6 Å². The van der Waals surface area contributed by atoms with Gasteiger partial charge < -0.3 is 31.0 Å². The molecule has 1 aromatic carbocycles. The second-order valence-corrected chi connectivity index (χ2v) is 10.7. The minimum Gasteiger partial charge on any atom is -0.387 e. The van der Waals surface area contributed by atoms with Crippen LogP contribution in [0.3, 0.4) is 0 Å². The first-order valence-electron chi connectivity index (χ1n) is 10.9. The van der Waals surface area contributed by atoms with Gasteiger partial charge >= 0.3 is 7.82 Å². The summed E-state index contributed by atoms with van der Waals surface area (Å²) < 4.78 is 37.0. The van der Waals surface area contributed by atoms with Crippen molar-refractivity contribution in [2.24, 2.45) is 0 Å². The zero-order chi connectivity index (χ0) is 25.0. The number of hydrogen-bond donors (Lipinski definition) is 4. The van der Waals surface area contributed by atoms with Crippen LogP contribution >= 0.6 is 19.4 Å². The highest BCUT2D eigenvalue weighted by molar-refractivity contribution is 7.48. The number of nitrogens with two attached hydrogens (primary N) is 2. The number of phosphoric ester groups is 1. The number of benzene rings is 1. The summed E-state index contributed by atoms with van der Waals surface area (Å²) in [5.41, 5.74) is 10.9. The molecule has 6 atom stereocenters. The molecule has 3 aromatic rings. The van der Waals surface area contributed by atoms with Gasteiger partial charge in [-0.05, 0) is 30.7 Å². The molecule has 0 spiro atoms. The van der Waals surface area contributed by atoms with Gasteiger partial charge in [0.05, 0.1) is 24.7 Å². The van der Waals surface area contributed by atoms with Gasteiger partial charge in [0.2, 0.25) is 5.95 Å². The van der Waals surface area contributed by atoms with Crippen molar-refractivity contribution in [1.29, 1.82) is 0 Å². The Labute approximate surface area is 205 Å². The Morgan fingerprint density at radius 2 is 2.14 bits per heavy atom. The Morgan fingerprint density at radius 3 is 2.91 bits per heavy atom. The van der Waals surface area contributed by atoms with E-state index in [2.05, 4.69) is 9.97 Å². The molecular weight excluding hydrogens is 501 g/mol. The van der Waals surface area contributed by atoms with Crippen LogP contribution in [0.2, 0.25) is 5.02 Å². The number of rotatable bonds is 5. The molecule has 6 N–H and O–H groups in total. The predicted octanol–water partition coefficient (Wildman–Crippen LogP) is 2.56. The van der Waals surface area contributed by atoms with Gasteiger partial charge in [0, 0.05) is 17.6 Å². The number of fused-ring (bicyclic) bond motifs is 1. The van der Waals surface area contributed by atoms with Crippen molar-refractivity contribution in [2.45, 2.75) is 43.5 Å². The third-order valence-electron chi connectivity index (χ3n) is 6.13. The van der Waals surface area contributed by atoms with E-state index in [0.717, 1.165) is 5.56 Å². The van der Waals surface area contributed by atoms with Gasteiger partial charge in [-0.25, -0.2) is 4.57 Å². The van der Waals surface area contributed by atoms with E-state index >= 15 is 0 Å². The quantitative estimate of drug-likeness (QED) is 0.360. The summed E-state index contributed by atoms with van der Waals surface area (Å²) in [6.45, 7) is 1.18. The van der Waals surface area contributed by atoms with Gasteiger partial charge in [-0.1, -0.05) is 23.7 Å². The van der Waals surface area contributed by atoms with Crippen LogP contribution in [-0.2, 0) is 22.9 Å². The van der Waals surface area contributed by atoms with Crippen molar-refractivity contribution in [1.82, 2.24) is 14.5 Å². The Bertz CT molecular complexity index is 1300. The predicted molar refractivity (Wildman–Crippen MR) is 126 cm³/mol. The van der Waals surface area contributed by atoms with Crippen molar-refractivity contribution in [2.75, 3.05) is 24.7 Å². The van der Waals surface area contributed by atoms with E-state index in [0.29, 0.717) is 22.5 Å². The smallest absolute Gasteiger partial charge is 0.387 e. The van der Waals surface area contributed by atoms with E-state index in [1.54, 1.807) is 30.5 Å². The van der Waals surface area contributed by atoms with Crippen molar-refractivity contribution in [3.05, 3.63) is 47.1 Å². The van der Waals surface area contributed by atoms with Gasteiger partial charge in [-0.2, -0.15) is 9.97 Å². The normalized spacial score (nSPS) is 33.4. The van der Waals surface area contributed by atoms with E-state index in [-0.39, 0.29) is 25.0 Å². The van der Waals surface area contributed by atoms with Crippen LogP contribution in [0.15, 0.2) is 36.5 Å². The number of nitrogen functional groups attached to an aromatic ring is 2. The van der Waals surface area contributed by atoms with Crippen LogP contribution in [0.1, 0.15) is 31.2 Å². The zero-order valence-corrected chi connectivity index (χ0v) is 20.3. The van der Waals surface area contributed by atoms with Crippen LogP contribution in [0.5, 0.6) is 0 Å². The maximum absolute atomic E-state index is 13.1. The van der Waals surface area contributed by atoms with Gasteiger partial charge in [0.25, 0.3) is 0 Å². The Hall–Kier alpha value is -2.28.